The second kappa shape index (κ2) is 9.98. The van der Waals surface area contributed by atoms with Crippen LogP contribution in [0.4, 0.5) is 0 Å². The molecule has 0 aromatic rings. The van der Waals surface area contributed by atoms with Gasteiger partial charge in [-0.25, -0.2) is 0 Å². The Morgan fingerprint density at radius 1 is 1.50 bits per heavy atom. The Morgan fingerprint density at radius 2 is 1.50 bits per heavy atom. The zero-order valence-corrected chi connectivity index (χ0v) is 13.6. The molecule has 0 bridgehead atoms. The van der Waals surface area contributed by atoms with Gasteiger partial charge in [-0.05, 0) is 0 Å². The maximum atomic E-state index is 2.47. The van der Waals surface area contributed by atoms with E-state index in [0.717, 1.165) is 0 Å². The summed E-state index contributed by atoms with van der Waals surface area (Å²) < 4.78 is 0. The van der Waals surface area contributed by atoms with Crippen LogP contribution in [-0.4, -0.2) is 61.1 Å². The van der Waals surface area contributed by atoms with Crippen molar-refractivity contribution in [2.45, 2.75) is 0 Å². The van der Waals surface area contributed by atoms with Crippen LogP contribution in [0.1, 0.15) is 2.85 Å². The van der Waals surface area contributed by atoms with Gasteiger partial charge >= 0.3 is 96.7 Å². The summed E-state index contributed by atoms with van der Waals surface area (Å²) in [6.45, 7) is 0. The maximum Gasteiger partial charge on any atom is 2.00 e. The third-order valence-corrected chi connectivity index (χ3v) is 0. The molecule has 0 saturated carbocycles. The van der Waals surface area contributed by atoms with Crippen LogP contribution in [-0.2, 0) is 0 Å². The fourth-order valence-electron chi connectivity index (χ4n) is 0. The van der Waals surface area contributed by atoms with Gasteiger partial charge in [0.25, 0.3) is 0 Å². The van der Waals surface area contributed by atoms with E-state index < -0.39 is 0 Å². The Balaban J connectivity index is -0.00000000667. The first-order chi connectivity index (χ1) is 1.41. The summed E-state index contributed by atoms with van der Waals surface area (Å²) in [6.07, 6.45) is 0. The molecule has 0 aliphatic carbocycles. The summed E-state index contributed by atoms with van der Waals surface area (Å²) >= 11 is 4.96. The van der Waals surface area contributed by atoms with Gasteiger partial charge in [-0.1, -0.05) is 0 Å². The molecule has 0 rings (SSSR count). The van der Waals surface area contributed by atoms with Crippen molar-refractivity contribution in [2.24, 2.45) is 0 Å². The van der Waals surface area contributed by atoms with E-state index in [1.165, 1.54) is 0 Å². The van der Waals surface area contributed by atoms with Gasteiger partial charge in [0.1, 0.15) is 0 Å². The summed E-state index contributed by atoms with van der Waals surface area (Å²) in [6, 6.07) is 0. The van der Waals surface area contributed by atoms with Gasteiger partial charge in [0.2, 0.25) is 0 Å². The van der Waals surface area contributed by atoms with Crippen LogP contribution in [0.2, 0.25) is 0 Å². The minimum atomic E-state index is 0. The van der Waals surface area contributed by atoms with Crippen LogP contribution >= 0.6 is 35.5 Å². The summed E-state index contributed by atoms with van der Waals surface area (Å²) in [7, 11) is 0. The summed E-state index contributed by atoms with van der Waals surface area (Å²) in [5.74, 6) is 0. The first-order valence-corrected chi connectivity index (χ1v) is 22.2. The fourth-order valence-corrected chi connectivity index (χ4v) is 0. The van der Waals surface area contributed by atoms with Gasteiger partial charge in [0, 0.05) is 0 Å². The van der Waals surface area contributed by atoms with Gasteiger partial charge in [-0.15, -0.1) is 0 Å². The van der Waals surface area contributed by atoms with Crippen molar-refractivity contribution in [2.75, 3.05) is 0 Å². The molecule has 0 amide bonds. The summed E-state index contributed by atoms with van der Waals surface area (Å²) in [5, 5.41) is 0. The largest absolute Gasteiger partial charge is 2.00 e. The minimum Gasteiger partial charge on any atom is 2.00 e. The van der Waals surface area contributed by atoms with Crippen molar-refractivity contribution in [3.05, 3.63) is 0 Å². The number of rotatable bonds is 0. The van der Waals surface area contributed by atoms with E-state index in [0.29, 0.717) is 0 Å². The summed E-state index contributed by atoms with van der Waals surface area (Å²) in [4.78, 5) is 0. The molecule has 0 spiro atoms. The molecule has 0 heterocycles. The van der Waals surface area contributed by atoms with E-state index in [1.54, 1.807) is 0 Å². The normalized spacial score (nSPS) is 4.50. The molecule has 0 aromatic heterocycles. The van der Waals surface area contributed by atoms with Crippen LogP contribution in [0.25, 0.3) is 0 Å². The molecule has 0 saturated heterocycles. The molecule has 0 fully saturated rings. The van der Waals surface area contributed by atoms with Gasteiger partial charge in [0.15, 0.2) is 0 Å². The molecule has 0 N–H and O–H groups in total. The van der Waals surface area contributed by atoms with Gasteiger partial charge in [0.05, 0.1) is 0 Å². The Hall–Kier alpha value is 3.86. The molecule has 0 unspecified atom stereocenters. The molecular weight excluding hydrogens is 549 g/mol. The average molecular weight is 551 g/mol. The van der Waals surface area contributed by atoms with Crippen molar-refractivity contribution in [1.82, 2.24) is 0 Å². The smallest absolute Gasteiger partial charge is 2.00 e. The van der Waals surface area contributed by atoms with Crippen LogP contribution in [0, 0.1) is 0 Å². The van der Waals surface area contributed by atoms with Crippen molar-refractivity contribution in [3.8, 4) is 0 Å². The second-order valence-electron chi connectivity index (χ2n) is 0.0714. The Bertz CT molecular complexity index is 11.5. The predicted molar refractivity (Wildman–Crippen MR) is 41.8 cm³/mol. The van der Waals surface area contributed by atoms with Crippen LogP contribution in [0.3, 0.4) is 0 Å². The first-order valence-electron chi connectivity index (χ1n) is 0.378. The third kappa shape index (κ3) is 9.29. The van der Waals surface area contributed by atoms with Crippen LogP contribution in [0.5, 0.6) is 0 Å². The Labute approximate surface area is 96.2 Å². The standard InChI is InChI=1S/2HI.Pb.Sr.2H/h2*1H;;;;/q;;2*+2;2*-1/p-2. The fraction of sp³-hybridized carbons (Fsp3) is 0. The number of hydrogen-bond acceptors (Lipinski definition) is 0. The van der Waals surface area contributed by atoms with Crippen molar-refractivity contribution >= 4 is 96.7 Å². The van der Waals surface area contributed by atoms with Gasteiger partial charge in [-0.3, -0.25) is 0 Å². The van der Waals surface area contributed by atoms with Crippen LogP contribution in [0.15, 0.2) is 0 Å². The van der Waals surface area contributed by atoms with E-state index in [1.807, 2.05) is 0 Å². The zero-order chi connectivity index (χ0) is 2.71. The van der Waals surface area contributed by atoms with E-state index in [9.17, 15) is 0 Å². The predicted octanol–water partition coefficient (Wildman–Crippen LogP) is 1.23. The molecule has 0 atom stereocenters. The molecular formula is H2I2PbSr. The molecule has 0 aromatic carbocycles. The topological polar surface area (TPSA) is 0 Å². The Morgan fingerprint density at radius 3 is 1.50 bits per heavy atom. The minimum absolute atomic E-state index is 0. The monoisotopic (exact) mass is 552 g/mol. The molecule has 2 radical (unpaired) electrons. The van der Waals surface area contributed by atoms with Crippen molar-refractivity contribution < 1.29 is 2.85 Å². The van der Waals surface area contributed by atoms with Crippen LogP contribution < -0.4 is 0 Å². The first kappa shape index (κ1) is 10.8. The van der Waals surface area contributed by atoms with E-state index in [2.05, 4.69) is 35.5 Å². The zero-order valence-electron chi connectivity index (χ0n) is 3.96. The maximum absolute atomic E-state index is 2.47. The third-order valence-electron chi connectivity index (χ3n) is 0. The average Bonchev–Trinajstić information content (AvgIpc) is 0.918. The van der Waals surface area contributed by atoms with Crippen molar-refractivity contribution in [3.63, 3.8) is 0 Å². The van der Waals surface area contributed by atoms with E-state index >= 15 is 0 Å². The molecule has 22 valence electrons. The van der Waals surface area contributed by atoms with E-state index in [4.69, 9.17) is 0 Å². The summed E-state index contributed by atoms with van der Waals surface area (Å²) in [5.41, 5.74) is 0. The van der Waals surface area contributed by atoms with Gasteiger partial charge in [-0.2, -0.15) is 0 Å². The Kier molecular flexibility index (Phi) is 26.9. The molecule has 0 aliphatic heterocycles. The number of halogens is 2. The van der Waals surface area contributed by atoms with Crippen molar-refractivity contribution in [1.29, 1.82) is 0 Å². The molecule has 4 heavy (non-hydrogen) atoms. The quantitative estimate of drug-likeness (QED) is 0.315. The molecule has 0 nitrogen and oxygen atoms in total. The molecule has 0 aliphatic rings. The second-order valence-corrected chi connectivity index (χ2v) is 28.2. The number of hydrogen-bond donors (Lipinski definition) is 0. The molecule has 4 heteroatoms. The van der Waals surface area contributed by atoms with Gasteiger partial charge < -0.3 is 2.85 Å². The SMILES string of the molecule is [H-].[H-].[I][Pb][I].[Sr+2]. The van der Waals surface area contributed by atoms with E-state index in [-0.39, 0.29) is 64.0 Å².